The van der Waals surface area contributed by atoms with E-state index in [2.05, 4.69) is 0 Å². The Kier molecular flexibility index (Phi) is 3.97. The van der Waals surface area contributed by atoms with Crippen molar-refractivity contribution in [3.63, 3.8) is 0 Å². The summed E-state index contributed by atoms with van der Waals surface area (Å²) in [6, 6.07) is 0. The zero-order valence-electron chi connectivity index (χ0n) is 10.3. The van der Waals surface area contributed by atoms with Crippen LogP contribution in [-0.4, -0.2) is 18.1 Å². The fourth-order valence-corrected chi connectivity index (χ4v) is 1.55. The minimum atomic E-state index is -1.80. The normalized spacial score (nSPS) is 25.7. The molecule has 0 fully saturated rings. The van der Waals surface area contributed by atoms with E-state index in [-0.39, 0.29) is 18.6 Å². The van der Waals surface area contributed by atoms with Crippen LogP contribution in [0.15, 0.2) is 23.6 Å². The van der Waals surface area contributed by atoms with Gasteiger partial charge in [0.05, 0.1) is 24.3 Å². The van der Waals surface area contributed by atoms with Gasteiger partial charge in [0, 0.05) is 0 Å². The second-order valence-corrected chi connectivity index (χ2v) is 4.51. The summed E-state index contributed by atoms with van der Waals surface area (Å²) in [6.07, 6.45) is 2.67. The molecule has 0 saturated carbocycles. The predicted octanol–water partition coefficient (Wildman–Crippen LogP) is 2.63. The van der Waals surface area contributed by atoms with Crippen LogP contribution in [0.3, 0.4) is 0 Å². The van der Waals surface area contributed by atoms with E-state index in [1.54, 1.807) is 13.8 Å². The van der Waals surface area contributed by atoms with Gasteiger partial charge in [-0.15, -0.1) is 0 Å². The lowest BCUT2D eigenvalue weighted by molar-refractivity contribution is -0.141. The Bertz CT molecular complexity index is 310. The third-order valence-corrected chi connectivity index (χ3v) is 2.04. The molecule has 0 amide bonds. The molecule has 0 radical (unpaired) electrons. The van der Waals surface area contributed by atoms with Crippen LogP contribution in [-0.2, 0) is 9.47 Å². The average Bonchev–Trinajstić information content (AvgIpc) is 2.09. The maximum Gasteiger partial charge on any atom is 0.236 e. The Hall–Kier alpha value is -1.03. The monoisotopic (exact) mass is 229 g/mol. The van der Waals surface area contributed by atoms with Gasteiger partial charge in [0.15, 0.2) is 0 Å². The van der Waals surface area contributed by atoms with Crippen LogP contribution in [0, 0.1) is 0 Å². The molecule has 1 unspecified atom stereocenters. The summed E-state index contributed by atoms with van der Waals surface area (Å²) in [4.78, 5) is 0. The topological polar surface area (TPSA) is 44.5 Å². The van der Waals surface area contributed by atoms with Crippen molar-refractivity contribution >= 4 is 0 Å². The van der Waals surface area contributed by atoms with Crippen molar-refractivity contribution in [1.29, 1.82) is 0 Å². The van der Waals surface area contributed by atoms with Crippen molar-refractivity contribution in [2.75, 3.05) is 0 Å². The van der Waals surface area contributed by atoms with Gasteiger partial charge in [0.25, 0.3) is 0 Å². The van der Waals surface area contributed by atoms with Crippen LogP contribution in [0.4, 0.5) is 4.39 Å². The maximum atomic E-state index is 14.2. The highest BCUT2D eigenvalue weighted by Gasteiger charge is 2.34. The van der Waals surface area contributed by atoms with Gasteiger partial charge in [-0.25, -0.2) is 4.39 Å². The highest BCUT2D eigenvalue weighted by Crippen LogP contribution is 2.32. The van der Waals surface area contributed by atoms with Crippen LogP contribution in [0.1, 0.15) is 34.1 Å². The van der Waals surface area contributed by atoms with Crippen LogP contribution in [0.25, 0.3) is 0 Å². The lowest BCUT2D eigenvalue weighted by atomic mass is 10.0. The minimum Gasteiger partial charge on any atom is -0.493 e. The molecule has 0 saturated heterocycles. The Balaban J connectivity index is 2.76. The van der Waals surface area contributed by atoms with Crippen molar-refractivity contribution in [2.45, 2.75) is 52.2 Å². The number of ether oxygens (including phenoxy) is 2. The number of nitrogens with two attached hydrogens (primary N) is 1. The van der Waals surface area contributed by atoms with E-state index in [1.807, 2.05) is 13.8 Å². The zero-order chi connectivity index (χ0) is 12.3. The molecule has 0 aliphatic heterocycles. The minimum absolute atomic E-state index is 0.0247. The van der Waals surface area contributed by atoms with Crippen LogP contribution < -0.4 is 5.73 Å². The van der Waals surface area contributed by atoms with Gasteiger partial charge in [-0.2, -0.15) is 0 Å². The second kappa shape index (κ2) is 4.87. The quantitative estimate of drug-likeness (QED) is 0.806. The average molecular weight is 229 g/mol. The van der Waals surface area contributed by atoms with E-state index >= 15 is 0 Å². The highest BCUT2D eigenvalue weighted by molar-refractivity contribution is 5.27. The summed E-state index contributed by atoms with van der Waals surface area (Å²) in [6.45, 7) is 7.34. The van der Waals surface area contributed by atoms with Crippen LogP contribution >= 0.6 is 0 Å². The number of halogens is 1. The van der Waals surface area contributed by atoms with Gasteiger partial charge < -0.3 is 15.2 Å². The van der Waals surface area contributed by atoms with Crippen molar-refractivity contribution in [3.05, 3.63) is 23.6 Å². The van der Waals surface area contributed by atoms with Gasteiger partial charge in [-0.1, -0.05) is 0 Å². The molecule has 0 spiro atoms. The lowest BCUT2D eigenvalue weighted by Gasteiger charge is -2.29. The van der Waals surface area contributed by atoms with Gasteiger partial charge in [-0.05, 0) is 39.8 Å². The van der Waals surface area contributed by atoms with E-state index in [1.165, 1.54) is 12.2 Å². The number of hydrogen-bond acceptors (Lipinski definition) is 3. The molecule has 0 heterocycles. The molecule has 0 aromatic rings. The Morgan fingerprint density at radius 2 is 1.94 bits per heavy atom. The fraction of sp³-hybridized carbons (Fsp3) is 0.667. The van der Waals surface area contributed by atoms with Gasteiger partial charge in [-0.3, -0.25) is 0 Å². The molecular weight excluding hydrogens is 209 g/mol. The molecule has 0 aromatic carbocycles. The van der Waals surface area contributed by atoms with Crippen molar-refractivity contribution in [2.24, 2.45) is 5.73 Å². The summed E-state index contributed by atoms with van der Waals surface area (Å²) >= 11 is 0. The molecule has 1 rings (SSSR count). The first-order valence-corrected chi connectivity index (χ1v) is 5.53. The van der Waals surface area contributed by atoms with Crippen molar-refractivity contribution in [3.8, 4) is 0 Å². The predicted molar refractivity (Wildman–Crippen MR) is 61.3 cm³/mol. The smallest absolute Gasteiger partial charge is 0.236 e. The maximum absolute atomic E-state index is 14.2. The first-order valence-electron chi connectivity index (χ1n) is 5.53. The van der Waals surface area contributed by atoms with E-state index in [9.17, 15) is 4.39 Å². The molecule has 4 heteroatoms. The van der Waals surface area contributed by atoms with Crippen molar-refractivity contribution in [1.82, 2.24) is 0 Å². The summed E-state index contributed by atoms with van der Waals surface area (Å²) in [5, 5.41) is 0. The van der Waals surface area contributed by atoms with Crippen molar-refractivity contribution < 1.29 is 13.9 Å². The molecule has 2 N–H and O–H groups in total. The zero-order valence-corrected chi connectivity index (χ0v) is 10.3. The van der Waals surface area contributed by atoms with Gasteiger partial charge >= 0.3 is 0 Å². The van der Waals surface area contributed by atoms with Crippen LogP contribution in [0.2, 0.25) is 0 Å². The molecule has 0 aromatic heterocycles. The summed E-state index contributed by atoms with van der Waals surface area (Å²) in [5.74, 6) is -1.35. The van der Waals surface area contributed by atoms with Gasteiger partial charge in [0.2, 0.25) is 5.85 Å². The van der Waals surface area contributed by atoms with E-state index < -0.39 is 5.85 Å². The van der Waals surface area contributed by atoms with Gasteiger partial charge in [0.1, 0.15) is 5.76 Å². The first-order chi connectivity index (χ1) is 7.32. The molecule has 3 nitrogen and oxygen atoms in total. The number of rotatable bonds is 4. The van der Waals surface area contributed by atoms with E-state index in [4.69, 9.17) is 15.2 Å². The third-order valence-electron chi connectivity index (χ3n) is 2.04. The summed E-state index contributed by atoms with van der Waals surface area (Å²) < 4.78 is 24.9. The molecule has 0 bridgehead atoms. The molecule has 1 aliphatic rings. The molecular formula is C12H20FNO2. The third kappa shape index (κ3) is 3.52. The lowest BCUT2D eigenvalue weighted by Crippen LogP contribution is -2.32. The Morgan fingerprint density at radius 1 is 1.31 bits per heavy atom. The Morgan fingerprint density at radius 3 is 2.44 bits per heavy atom. The molecule has 1 atom stereocenters. The molecule has 92 valence electrons. The van der Waals surface area contributed by atoms with Crippen LogP contribution in [0.5, 0.6) is 0 Å². The second-order valence-electron chi connectivity index (χ2n) is 4.51. The highest BCUT2D eigenvalue weighted by atomic mass is 19.2. The largest absolute Gasteiger partial charge is 0.493 e. The summed E-state index contributed by atoms with van der Waals surface area (Å²) in [5.41, 5.74) is 6.19. The van der Waals surface area contributed by atoms with E-state index in [0.29, 0.717) is 11.5 Å². The molecule has 1 aliphatic carbocycles. The standard InChI is InChI=1S/C12H20FNO2/c1-8(2)15-11-7-12(13,16-9(3)4)6-5-10(11)14/h5-6,8-9H,7,14H2,1-4H3. The fourth-order valence-electron chi connectivity index (χ4n) is 1.55. The Labute approximate surface area is 96.1 Å². The number of hydrogen-bond donors (Lipinski definition) is 1. The SMILES string of the molecule is CC(C)OC1=C(N)C=CC(F)(OC(C)C)C1. The summed E-state index contributed by atoms with van der Waals surface area (Å²) in [7, 11) is 0. The molecule has 16 heavy (non-hydrogen) atoms. The van der Waals surface area contributed by atoms with E-state index in [0.717, 1.165) is 0 Å². The number of allylic oxidation sites excluding steroid dienone is 1. The first kappa shape index (κ1) is 13.0. The number of alkyl halides is 1.